The molecule has 0 aromatic heterocycles. The van der Waals surface area contributed by atoms with E-state index in [9.17, 15) is 9.18 Å². The molecular formula is C27H29FN4O. The lowest BCUT2D eigenvalue weighted by Gasteiger charge is -2.40. The van der Waals surface area contributed by atoms with Crippen molar-refractivity contribution >= 4 is 5.91 Å². The van der Waals surface area contributed by atoms with Gasteiger partial charge in [0.15, 0.2) is 0 Å². The molecule has 5 nitrogen and oxygen atoms in total. The van der Waals surface area contributed by atoms with Crippen LogP contribution >= 0.6 is 0 Å². The lowest BCUT2D eigenvalue weighted by molar-refractivity contribution is -0.135. The van der Waals surface area contributed by atoms with Gasteiger partial charge in [-0.15, -0.1) is 0 Å². The molecule has 3 aromatic rings. The Bertz CT molecular complexity index is 1010. The van der Waals surface area contributed by atoms with Crippen molar-refractivity contribution in [1.82, 2.24) is 20.7 Å². The number of nitrogens with zero attached hydrogens (tertiary/aromatic N) is 2. The molecule has 0 bridgehead atoms. The van der Waals surface area contributed by atoms with Crippen LogP contribution in [0.5, 0.6) is 0 Å². The second kappa shape index (κ2) is 9.83. The van der Waals surface area contributed by atoms with Crippen LogP contribution in [0.25, 0.3) is 0 Å². The number of carbonyl (C=O) groups excluding carboxylic acids is 1. The average molecular weight is 445 g/mol. The Morgan fingerprint density at radius 1 is 0.788 bits per heavy atom. The number of halogens is 1. The highest BCUT2D eigenvalue weighted by molar-refractivity contribution is 5.82. The first-order valence-electron chi connectivity index (χ1n) is 11.6. The first-order chi connectivity index (χ1) is 16.2. The molecule has 2 fully saturated rings. The number of carbonyl (C=O) groups is 1. The maximum absolute atomic E-state index is 13.2. The number of rotatable bonds is 5. The fraction of sp³-hybridized carbons (Fsp3) is 0.296. The lowest BCUT2D eigenvalue weighted by Crippen LogP contribution is -2.54. The summed E-state index contributed by atoms with van der Waals surface area (Å²) in [5.74, 6) is -0.123. The van der Waals surface area contributed by atoms with E-state index in [2.05, 4.69) is 64.3 Å². The van der Waals surface area contributed by atoms with Crippen LogP contribution in [0.15, 0.2) is 84.9 Å². The van der Waals surface area contributed by atoms with E-state index in [0.717, 1.165) is 18.7 Å². The zero-order chi connectivity index (χ0) is 22.6. The Hall–Kier alpha value is -3.06. The Morgan fingerprint density at radius 3 is 1.94 bits per heavy atom. The molecule has 2 N–H and O–H groups in total. The second-order valence-corrected chi connectivity index (χ2v) is 8.77. The molecule has 0 spiro atoms. The molecule has 5 rings (SSSR count). The number of nitrogens with one attached hydrogen (secondary N) is 2. The van der Waals surface area contributed by atoms with Gasteiger partial charge in [-0.3, -0.25) is 9.69 Å². The molecule has 2 unspecified atom stereocenters. The van der Waals surface area contributed by atoms with Gasteiger partial charge in [-0.2, -0.15) is 0 Å². The summed E-state index contributed by atoms with van der Waals surface area (Å²) in [4.78, 5) is 17.6. The van der Waals surface area contributed by atoms with Crippen LogP contribution in [0.4, 0.5) is 4.39 Å². The zero-order valence-electron chi connectivity index (χ0n) is 18.5. The lowest BCUT2D eigenvalue weighted by atomic mass is 9.96. The molecule has 2 aliphatic rings. The van der Waals surface area contributed by atoms with Crippen molar-refractivity contribution in [2.24, 2.45) is 0 Å². The van der Waals surface area contributed by atoms with Gasteiger partial charge in [-0.05, 0) is 35.2 Å². The van der Waals surface area contributed by atoms with Crippen LogP contribution in [0, 0.1) is 5.82 Å². The van der Waals surface area contributed by atoms with E-state index in [-0.39, 0.29) is 29.8 Å². The molecule has 0 aliphatic carbocycles. The number of amides is 1. The largest absolute Gasteiger partial charge is 0.339 e. The summed E-state index contributed by atoms with van der Waals surface area (Å²) in [5.41, 5.74) is 9.88. The fourth-order valence-corrected chi connectivity index (χ4v) is 4.94. The number of piperazine rings is 1. The van der Waals surface area contributed by atoms with Crippen molar-refractivity contribution in [3.05, 3.63) is 107 Å². The number of hydrogen-bond acceptors (Lipinski definition) is 4. The van der Waals surface area contributed by atoms with Crippen molar-refractivity contribution in [2.45, 2.75) is 24.5 Å². The van der Waals surface area contributed by atoms with Crippen molar-refractivity contribution in [3.8, 4) is 0 Å². The summed E-state index contributed by atoms with van der Waals surface area (Å²) in [6, 6.07) is 27.5. The predicted molar refractivity (Wildman–Crippen MR) is 127 cm³/mol. The van der Waals surface area contributed by atoms with Gasteiger partial charge in [-0.1, -0.05) is 72.8 Å². The normalized spacial score (nSPS) is 21.5. The van der Waals surface area contributed by atoms with Gasteiger partial charge < -0.3 is 4.90 Å². The zero-order valence-corrected chi connectivity index (χ0v) is 18.5. The SMILES string of the molecule is O=C(C1CC(c2ccc(F)cc2)NN1)N1CCN(C(c2ccccc2)c2ccccc2)CC1. The van der Waals surface area contributed by atoms with Gasteiger partial charge in [0, 0.05) is 32.2 Å². The van der Waals surface area contributed by atoms with Crippen LogP contribution in [0.1, 0.15) is 35.2 Å². The van der Waals surface area contributed by atoms with E-state index in [1.807, 2.05) is 17.0 Å². The monoisotopic (exact) mass is 444 g/mol. The van der Waals surface area contributed by atoms with Crippen molar-refractivity contribution in [3.63, 3.8) is 0 Å². The van der Waals surface area contributed by atoms with E-state index in [0.29, 0.717) is 19.5 Å². The summed E-state index contributed by atoms with van der Waals surface area (Å²) in [6.45, 7) is 3.05. The first-order valence-corrected chi connectivity index (χ1v) is 11.6. The van der Waals surface area contributed by atoms with E-state index in [1.54, 1.807) is 12.1 Å². The standard InChI is InChI=1S/C27H29FN4O/c28-23-13-11-20(12-14-23)24-19-25(30-29-24)27(33)32-17-15-31(16-18-32)26(21-7-3-1-4-8-21)22-9-5-2-6-10-22/h1-14,24-26,29-30H,15-19H2. The van der Waals surface area contributed by atoms with Crippen molar-refractivity contribution in [2.75, 3.05) is 26.2 Å². The van der Waals surface area contributed by atoms with Crippen molar-refractivity contribution < 1.29 is 9.18 Å². The minimum absolute atomic E-state index is 0.00128. The summed E-state index contributed by atoms with van der Waals surface area (Å²) in [7, 11) is 0. The molecule has 0 radical (unpaired) electrons. The fourth-order valence-electron chi connectivity index (χ4n) is 4.94. The van der Waals surface area contributed by atoms with Crippen molar-refractivity contribution in [1.29, 1.82) is 0 Å². The molecule has 170 valence electrons. The van der Waals surface area contributed by atoms with Crippen LogP contribution in [-0.2, 0) is 4.79 Å². The molecule has 2 aliphatic heterocycles. The molecule has 33 heavy (non-hydrogen) atoms. The molecule has 6 heteroatoms. The van der Waals surface area contributed by atoms with Gasteiger partial charge in [-0.25, -0.2) is 15.2 Å². The van der Waals surface area contributed by atoms with Gasteiger partial charge in [0.25, 0.3) is 0 Å². The molecule has 2 atom stereocenters. The molecular weight excluding hydrogens is 415 g/mol. The number of hydrazine groups is 1. The minimum atomic E-state index is -0.273. The Labute approximate surface area is 194 Å². The Balaban J connectivity index is 1.23. The molecule has 2 heterocycles. The quantitative estimate of drug-likeness (QED) is 0.631. The predicted octanol–water partition coefficient (Wildman–Crippen LogP) is 3.67. The number of hydrogen-bond donors (Lipinski definition) is 2. The maximum atomic E-state index is 13.2. The maximum Gasteiger partial charge on any atom is 0.241 e. The molecule has 0 saturated carbocycles. The Kier molecular flexibility index (Phi) is 6.48. The summed E-state index contributed by atoms with van der Waals surface area (Å²) >= 11 is 0. The third-order valence-corrected chi connectivity index (χ3v) is 6.70. The second-order valence-electron chi connectivity index (χ2n) is 8.77. The van der Waals surface area contributed by atoms with E-state index >= 15 is 0 Å². The summed E-state index contributed by atoms with van der Waals surface area (Å²) < 4.78 is 13.2. The highest BCUT2D eigenvalue weighted by Gasteiger charge is 2.35. The van der Waals surface area contributed by atoms with E-state index in [1.165, 1.54) is 23.3 Å². The number of benzene rings is 3. The topological polar surface area (TPSA) is 47.6 Å². The highest BCUT2D eigenvalue weighted by Crippen LogP contribution is 2.30. The van der Waals surface area contributed by atoms with Gasteiger partial charge in [0.2, 0.25) is 5.91 Å². The molecule has 2 saturated heterocycles. The van der Waals surface area contributed by atoms with Gasteiger partial charge in [0.1, 0.15) is 11.9 Å². The van der Waals surface area contributed by atoms with Crippen LogP contribution in [0.2, 0.25) is 0 Å². The van der Waals surface area contributed by atoms with Gasteiger partial charge in [0.05, 0.1) is 6.04 Å². The van der Waals surface area contributed by atoms with Crippen LogP contribution < -0.4 is 10.9 Å². The smallest absolute Gasteiger partial charge is 0.241 e. The average Bonchev–Trinajstić information content (AvgIpc) is 3.36. The summed E-state index contributed by atoms with van der Waals surface area (Å²) in [5, 5.41) is 0. The van der Waals surface area contributed by atoms with Crippen LogP contribution in [0.3, 0.4) is 0 Å². The Morgan fingerprint density at radius 2 is 1.36 bits per heavy atom. The third-order valence-electron chi connectivity index (χ3n) is 6.70. The highest BCUT2D eigenvalue weighted by atomic mass is 19.1. The van der Waals surface area contributed by atoms with Crippen LogP contribution in [-0.4, -0.2) is 47.9 Å². The molecule has 3 aromatic carbocycles. The molecule has 1 amide bonds. The third kappa shape index (κ3) is 4.83. The van der Waals surface area contributed by atoms with E-state index in [4.69, 9.17) is 0 Å². The minimum Gasteiger partial charge on any atom is -0.339 e. The van der Waals surface area contributed by atoms with Gasteiger partial charge >= 0.3 is 0 Å². The summed E-state index contributed by atoms with van der Waals surface area (Å²) in [6.07, 6.45) is 0.654. The van der Waals surface area contributed by atoms with E-state index < -0.39 is 0 Å². The first kappa shape index (κ1) is 21.8.